The number of hydrogen-bond acceptors (Lipinski definition) is 5. The van der Waals surface area contributed by atoms with E-state index in [1.807, 2.05) is 89.2 Å². The summed E-state index contributed by atoms with van der Waals surface area (Å²) in [7, 11) is 1.06. The molecule has 2 aromatic rings. The van der Waals surface area contributed by atoms with E-state index in [0.29, 0.717) is 0 Å². The van der Waals surface area contributed by atoms with Gasteiger partial charge >= 0.3 is 13.2 Å². The number of aryl methyl sites for hydroxylation is 1. The van der Waals surface area contributed by atoms with Gasteiger partial charge < -0.3 is 24.1 Å². The fourth-order valence-electron chi connectivity index (χ4n) is 3.28. The predicted octanol–water partition coefficient (Wildman–Crippen LogP) is 4.94. The highest BCUT2D eigenvalue weighted by molar-refractivity contribution is 6.56. The summed E-state index contributed by atoms with van der Waals surface area (Å²) < 4.78 is 23.1. The number of rotatable bonds is 7. The van der Waals surface area contributed by atoms with Crippen LogP contribution in [0.15, 0.2) is 54.0 Å². The van der Waals surface area contributed by atoms with Crippen molar-refractivity contribution in [3.05, 3.63) is 70.7 Å². The summed E-state index contributed by atoms with van der Waals surface area (Å²) in [5.41, 5.74) is 2.80. The van der Waals surface area contributed by atoms with Crippen LogP contribution in [0.4, 0.5) is 4.79 Å². The van der Waals surface area contributed by atoms with Crippen LogP contribution in [-0.2, 0) is 20.7 Å². The van der Waals surface area contributed by atoms with Gasteiger partial charge in [-0.25, -0.2) is 4.79 Å². The molecule has 1 aliphatic heterocycles. The lowest BCUT2D eigenvalue weighted by molar-refractivity contribution is 0.00578. The number of benzene rings is 2. The summed E-state index contributed by atoms with van der Waals surface area (Å²) in [5.74, 6) is 0.791. The molecule has 0 aliphatic carbocycles. The Kier molecular flexibility index (Phi) is 7.31. The highest BCUT2D eigenvalue weighted by atomic mass is 16.7. The Hall–Kier alpha value is -2.77. The highest BCUT2D eigenvalue weighted by Gasteiger charge is 2.52. The van der Waals surface area contributed by atoms with Gasteiger partial charge in [0.15, 0.2) is 0 Å². The van der Waals surface area contributed by atoms with Crippen LogP contribution in [0.1, 0.15) is 44.4 Å². The molecule has 1 fully saturated rings. The number of alkyl carbamates (subject to hydrolysis) is 1. The van der Waals surface area contributed by atoms with E-state index in [2.05, 4.69) is 5.32 Å². The molecule has 0 radical (unpaired) electrons. The van der Waals surface area contributed by atoms with Crippen LogP contribution in [-0.4, -0.2) is 38.1 Å². The monoisotopic (exact) mass is 437 g/mol. The zero-order valence-electron chi connectivity index (χ0n) is 19.7. The molecular formula is C25H32BNO5. The maximum Gasteiger partial charge on any atom is 0.492 e. The first-order valence-corrected chi connectivity index (χ1v) is 10.8. The summed E-state index contributed by atoms with van der Waals surface area (Å²) in [4.78, 5) is 12.3. The molecule has 1 amide bonds. The highest BCUT2D eigenvalue weighted by Crippen LogP contribution is 2.39. The van der Waals surface area contributed by atoms with E-state index in [4.69, 9.17) is 18.8 Å². The summed E-state index contributed by atoms with van der Waals surface area (Å²) >= 11 is 0. The molecular weight excluding hydrogens is 405 g/mol. The molecule has 0 spiro atoms. The molecule has 170 valence electrons. The van der Waals surface area contributed by atoms with E-state index in [0.717, 1.165) is 27.9 Å². The van der Waals surface area contributed by atoms with Crippen molar-refractivity contribution in [2.45, 2.75) is 52.4 Å². The number of carbonyl (C=O) groups is 1. The van der Waals surface area contributed by atoms with Crippen molar-refractivity contribution in [3.8, 4) is 5.75 Å². The van der Waals surface area contributed by atoms with Gasteiger partial charge in [-0.05, 0) is 68.9 Å². The average molecular weight is 437 g/mol. The Labute approximate surface area is 191 Å². The second kappa shape index (κ2) is 9.80. The standard InChI is InChI=1S/C25H32BNO5/c1-18-14-22(29-6)13-12-20(18)15-21(26-31-24(2,3)25(4,5)32-26)16-27-23(28)30-17-19-10-8-7-9-11-19/h7-15H,16-17H2,1-6H3,(H,27,28). The molecule has 1 saturated heterocycles. The van der Waals surface area contributed by atoms with Gasteiger partial charge in [-0.1, -0.05) is 42.5 Å². The lowest BCUT2D eigenvalue weighted by atomic mass is 9.76. The third-order valence-electron chi connectivity index (χ3n) is 6.02. The van der Waals surface area contributed by atoms with Gasteiger partial charge in [0.2, 0.25) is 0 Å². The molecule has 0 unspecified atom stereocenters. The first-order chi connectivity index (χ1) is 15.1. The molecule has 3 rings (SSSR count). The second-order valence-corrected chi connectivity index (χ2v) is 8.95. The molecule has 1 heterocycles. The number of amides is 1. The van der Waals surface area contributed by atoms with E-state index < -0.39 is 24.4 Å². The van der Waals surface area contributed by atoms with E-state index in [9.17, 15) is 4.79 Å². The minimum atomic E-state index is -0.587. The zero-order chi connectivity index (χ0) is 23.4. The molecule has 0 atom stereocenters. The molecule has 6 nitrogen and oxygen atoms in total. The fraction of sp³-hybridized carbons (Fsp3) is 0.400. The van der Waals surface area contributed by atoms with E-state index >= 15 is 0 Å². The molecule has 2 aromatic carbocycles. The maximum absolute atomic E-state index is 12.3. The van der Waals surface area contributed by atoms with Gasteiger partial charge in [-0.2, -0.15) is 0 Å². The van der Waals surface area contributed by atoms with Gasteiger partial charge in [0.05, 0.1) is 18.3 Å². The van der Waals surface area contributed by atoms with Crippen LogP contribution < -0.4 is 10.1 Å². The average Bonchev–Trinajstić information content (AvgIpc) is 2.98. The number of carbonyl (C=O) groups excluding carboxylic acids is 1. The summed E-state index contributed by atoms with van der Waals surface area (Å²) in [6, 6.07) is 15.4. The molecule has 0 saturated carbocycles. The lowest BCUT2D eigenvalue weighted by Crippen LogP contribution is -2.41. The van der Waals surface area contributed by atoms with Gasteiger partial charge in [0, 0.05) is 6.54 Å². The Morgan fingerprint density at radius 3 is 2.31 bits per heavy atom. The maximum atomic E-state index is 12.3. The quantitative estimate of drug-likeness (QED) is 0.622. The minimum Gasteiger partial charge on any atom is -0.497 e. The smallest absolute Gasteiger partial charge is 0.492 e. The van der Waals surface area contributed by atoms with E-state index in [-0.39, 0.29) is 13.2 Å². The van der Waals surface area contributed by atoms with E-state index in [1.165, 1.54) is 0 Å². The van der Waals surface area contributed by atoms with Gasteiger partial charge in [-0.3, -0.25) is 0 Å². The molecule has 7 heteroatoms. The SMILES string of the molecule is COc1ccc(C=C(CNC(=O)OCc2ccccc2)B2OC(C)(C)C(C)(C)O2)c(C)c1. The third-order valence-corrected chi connectivity index (χ3v) is 6.02. The van der Waals surface area contributed by atoms with Crippen molar-refractivity contribution in [3.63, 3.8) is 0 Å². The topological polar surface area (TPSA) is 66.0 Å². The number of nitrogens with one attached hydrogen (secondary N) is 1. The normalized spacial score (nSPS) is 17.2. The Morgan fingerprint density at radius 1 is 1.06 bits per heavy atom. The van der Waals surface area contributed by atoms with Gasteiger partial charge in [0.25, 0.3) is 0 Å². The van der Waals surface area contributed by atoms with Crippen molar-refractivity contribution in [1.29, 1.82) is 0 Å². The predicted molar refractivity (Wildman–Crippen MR) is 126 cm³/mol. The summed E-state index contributed by atoms with van der Waals surface area (Å²) in [5, 5.41) is 2.83. The number of hydrogen-bond donors (Lipinski definition) is 1. The van der Waals surface area contributed by atoms with Crippen molar-refractivity contribution in [1.82, 2.24) is 5.32 Å². The van der Waals surface area contributed by atoms with Gasteiger partial charge in [-0.15, -0.1) is 0 Å². The molecule has 32 heavy (non-hydrogen) atoms. The van der Waals surface area contributed by atoms with Crippen molar-refractivity contribution >= 4 is 19.3 Å². The van der Waals surface area contributed by atoms with E-state index in [1.54, 1.807) is 7.11 Å². The number of ether oxygens (including phenoxy) is 2. The second-order valence-electron chi connectivity index (χ2n) is 8.95. The zero-order valence-corrected chi connectivity index (χ0v) is 19.7. The van der Waals surface area contributed by atoms with Crippen molar-refractivity contribution < 1.29 is 23.6 Å². The molecule has 0 aromatic heterocycles. The van der Waals surface area contributed by atoms with Crippen LogP contribution >= 0.6 is 0 Å². The van der Waals surface area contributed by atoms with Crippen LogP contribution in [0, 0.1) is 6.92 Å². The molecule has 1 N–H and O–H groups in total. The Balaban J connectivity index is 1.76. The third kappa shape index (κ3) is 5.72. The van der Waals surface area contributed by atoms with Crippen LogP contribution in [0.3, 0.4) is 0 Å². The van der Waals surface area contributed by atoms with Crippen molar-refractivity contribution in [2.24, 2.45) is 0 Å². The summed E-state index contributed by atoms with van der Waals surface area (Å²) in [6.45, 7) is 10.5. The van der Waals surface area contributed by atoms with Crippen LogP contribution in [0.5, 0.6) is 5.75 Å². The largest absolute Gasteiger partial charge is 0.497 e. The summed E-state index contributed by atoms with van der Waals surface area (Å²) in [6.07, 6.45) is 1.50. The first kappa shape index (κ1) is 23.9. The minimum absolute atomic E-state index is 0.208. The van der Waals surface area contributed by atoms with Crippen LogP contribution in [0.25, 0.3) is 6.08 Å². The molecule has 1 aliphatic rings. The first-order valence-electron chi connectivity index (χ1n) is 10.8. The molecule has 0 bridgehead atoms. The van der Waals surface area contributed by atoms with Crippen LogP contribution in [0.2, 0.25) is 0 Å². The fourth-order valence-corrected chi connectivity index (χ4v) is 3.28. The number of methoxy groups -OCH3 is 1. The Bertz CT molecular complexity index is 956. The lowest BCUT2D eigenvalue weighted by Gasteiger charge is -2.32. The van der Waals surface area contributed by atoms with Gasteiger partial charge in [0.1, 0.15) is 12.4 Å². The van der Waals surface area contributed by atoms with Crippen molar-refractivity contribution in [2.75, 3.05) is 13.7 Å². The Morgan fingerprint density at radius 2 is 1.72 bits per heavy atom.